The van der Waals surface area contributed by atoms with Crippen LogP contribution in [0.3, 0.4) is 0 Å². The van der Waals surface area contributed by atoms with E-state index in [9.17, 15) is 5.11 Å². The molecule has 0 saturated carbocycles. The van der Waals surface area contributed by atoms with E-state index in [2.05, 4.69) is 31.0 Å². The second-order valence-electron chi connectivity index (χ2n) is 5.72. The molecule has 1 heterocycles. The first-order chi connectivity index (χ1) is 11.0. The van der Waals surface area contributed by atoms with Crippen LogP contribution in [-0.4, -0.2) is 27.4 Å². The summed E-state index contributed by atoms with van der Waals surface area (Å²) in [4.78, 5) is 4.40. The number of aryl methyl sites for hydroxylation is 2. The molecule has 0 aliphatic carbocycles. The summed E-state index contributed by atoms with van der Waals surface area (Å²) in [6, 6.07) is 11.4. The van der Waals surface area contributed by atoms with E-state index in [4.69, 9.17) is 16.3 Å². The number of para-hydroxylation sites is 1. The van der Waals surface area contributed by atoms with Gasteiger partial charge in [0.15, 0.2) is 0 Å². The van der Waals surface area contributed by atoms with Crippen LogP contribution in [0.1, 0.15) is 11.1 Å². The molecule has 3 rings (SSSR count). The van der Waals surface area contributed by atoms with Crippen LogP contribution in [0.15, 0.2) is 42.7 Å². The molecule has 2 aromatic carbocycles. The van der Waals surface area contributed by atoms with E-state index in [0.717, 1.165) is 11.0 Å². The average Bonchev–Trinajstić information content (AvgIpc) is 2.89. The molecule has 1 aromatic heterocycles. The van der Waals surface area contributed by atoms with Gasteiger partial charge in [0.25, 0.3) is 0 Å². The van der Waals surface area contributed by atoms with Crippen molar-refractivity contribution in [1.29, 1.82) is 0 Å². The molecule has 0 bridgehead atoms. The fourth-order valence-electron chi connectivity index (χ4n) is 2.49. The van der Waals surface area contributed by atoms with Crippen LogP contribution in [0.4, 0.5) is 0 Å². The quantitative estimate of drug-likeness (QED) is 0.775. The lowest BCUT2D eigenvalue weighted by molar-refractivity contribution is 0.0935. The maximum atomic E-state index is 10.2. The molecule has 120 valence electrons. The smallest absolute Gasteiger partial charge is 0.138 e. The van der Waals surface area contributed by atoms with E-state index in [0.29, 0.717) is 17.3 Å². The van der Waals surface area contributed by atoms with Gasteiger partial charge in [-0.05, 0) is 49.2 Å². The van der Waals surface area contributed by atoms with Crippen LogP contribution in [-0.2, 0) is 6.54 Å². The molecule has 4 nitrogen and oxygen atoms in total. The number of aliphatic hydroxyl groups is 1. The number of nitrogens with zero attached hydrogens (tertiary/aromatic N) is 2. The Morgan fingerprint density at radius 2 is 1.96 bits per heavy atom. The number of benzene rings is 2. The van der Waals surface area contributed by atoms with Gasteiger partial charge in [-0.15, -0.1) is 0 Å². The summed E-state index contributed by atoms with van der Waals surface area (Å²) in [5, 5.41) is 10.8. The number of hydrogen-bond donors (Lipinski definition) is 1. The predicted molar refractivity (Wildman–Crippen MR) is 92.2 cm³/mol. The Bertz CT molecular complexity index is 829. The van der Waals surface area contributed by atoms with Crippen molar-refractivity contribution >= 4 is 22.6 Å². The van der Waals surface area contributed by atoms with E-state index in [1.54, 1.807) is 18.5 Å². The number of hydrogen-bond acceptors (Lipinski definition) is 3. The summed E-state index contributed by atoms with van der Waals surface area (Å²) in [6.07, 6.45) is 1.10. The molecule has 0 saturated heterocycles. The zero-order valence-electron chi connectivity index (χ0n) is 13.2. The van der Waals surface area contributed by atoms with E-state index >= 15 is 0 Å². The van der Waals surface area contributed by atoms with Crippen LogP contribution in [0, 0.1) is 13.8 Å². The summed E-state index contributed by atoms with van der Waals surface area (Å²) in [5.74, 6) is 0.579. The normalized spacial score (nSPS) is 12.5. The van der Waals surface area contributed by atoms with Crippen molar-refractivity contribution in [3.8, 4) is 5.75 Å². The Kier molecular flexibility index (Phi) is 4.55. The Labute approximate surface area is 140 Å². The van der Waals surface area contributed by atoms with Gasteiger partial charge in [-0.2, -0.15) is 0 Å². The van der Waals surface area contributed by atoms with Crippen molar-refractivity contribution in [2.75, 3.05) is 6.61 Å². The van der Waals surface area contributed by atoms with Gasteiger partial charge in [0.1, 0.15) is 18.5 Å². The zero-order chi connectivity index (χ0) is 16.4. The first-order valence-electron chi connectivity index (χ1n) is 7.52. The highest BCUT2D eigenvalue weighted by molar-refractivity contribution is 6.32. The van der Waals surface area contributed by atoms with E-state index in [1.807, 2.05) is 16.7 Å². The maximum Gasteiger partial charge on any atom is 0.138 e. The molecule has 0 radical (unpaired) electrons. The molecule has 0 spiro atoms. The van der Waals surface area contributed by atoms with Crippen molar-refractivity contribution in [2.45, 2.75) is 26.5 Å². The van der Waals surface area contributed by atoms with Crippen LogP contribution in [0.5, 0.6) is 5.75 Å². The van der Waals surface area contributed by atoms with Gasteiger partial charge in [0.05, 0.1) is 28.9 Å². The predicted octanol–water partition coefficient (Wildman–Crippen LogP) is 3.75. The van der Waals surface area contributed by atoms with Crippen molar-refractivity contribution < 1.29 is 9.84 Å². The molecule has 0 fully saturated rings. The maximum absolute atomic E-state index is 10.2. The Balaban J connectivity index is 1.69. The minimum Gasteiger partial charge on any atom is -0.489 e. The standard InChI is InChI=1S/C18H19ClN2O2/c1-12-7-16-17(8-13(12)2)21(11-20-16)9-14(22)10-23-18-6-4-3-5-15(18)19/h3-8,11,14,22H,9-10H2,1-2H3. The summed E-state index contributed by atoms with van der Waals surface area (Å²) in [7, 11) is 0. The fourth-order valence-corrected chi connectivity index (χ4v) is 2.68. The molecule has 0 amide bonds. The fraction of sp³-hybridized carbons (Fsp3) is 0.278. The van der Waals surface area contributed by atoms with Gasteiger partial charge in [-0.25, -0.2) is 4.98 Å². The third kappa shape index (κ3) is 3.49. The van der Waals surface area contributed by atoms with Crippen LogP contribution in [0.2, 0.25) is 5.02 Å². The highest BCUT2D eigenvalue weighted by Gasteiger charge is 2.11. The molecular weight excluding hydrogens is 312 g/mol. The topological polar surface area (TPSA) is 47.3 Å². The van der Waals surface area contributed by atoms with Gasteiger partial charge in [-0.3, -0.25) is 0 Å². The lowest BCUT2D eigenvalue weighted by atomic mass is 10.1. The van der Waals surface area contributed by atoms with Crippen LogP contribution >= 0.6 is 11.6 Å². The van der Waals surface area contributed by atoms with Crippen molar-refractivity contribution in [3.05, 3.63) is 58.9 Å². The molecule has 3 aromatic rings. The van der Waals surface area contributed by atoms with Crippen LogP contribution < -0.4 is 4.74 Å². The van der Waals surface area contributed by atoms with Gasteiger partial charge in [0, 0.05) is 0 Å². The summed E-state index contributed by atoms with van der Waals surface area (Å²) >= 11 is 6.04. The Hall–Kier alpha value is -2.04. The second-order valence-corrected chi connectivity index (χ2v) is 6.12. The third-order valence-electron chi connectivity index (χ3n) is 3.91. The summed E-state index contributed by atoms with van der Waals surface area (Å²) in [5.41, 5.74) is 4.38. The molecule has 1 N–H and O–H groups in total. The molecule has 5 heteroatoms. The third-order valence-corrected chi connectivity index (χ3v) is 4.22. The van der Waals surface area contributed by atoms with Gasteiger partial charge in [0.2, 0.25) is 0 Å². The molecule has 0 aliphatic rings. The second kappa shape index (κ2) is 6.60. The molecule has 1 atom stereocenters. The summed E-state index contributed by atoms with van der Waals surface area (Å²) < 4.78 is 7.53. The lowest BCUT2D eigenvalue weighted by Crippen LogP contribution is -2.23. The Morgan fingerprint density at radius 3 is 2.74 bits per heavy atom. The van der Waals surface area contributed by atoms with Crippen molar-refractivity contribution in [3.63, 3.8) is 0 Å². The first kappa shape index (κ1) is 15.8. The monoisotopic (exact) mass is 330 g/mol. The van der Waals surface area contributed by atoms with E-state index < -0.39 is 6.10 Å². The van der Waals surface area contributed by atoms with E-state index in [1.165, 1.54) is 11.1 Å². The number of imidazole rings is 1. The first-order valence-corrected chi connectivity index (χ1v) is 7.90. The number of aliphatic hydroxyl groups excluding tert-OH is 1. The number of ether oxygens (including phenoxy) is 1. The van der Waals surface area contributed by atoms with E-state index in [-0.39, 0.29) is 6.61 Å². The number of rotatable bonds is 5. The average molecular weight is 331 g/mol. The Morgan fingerprint density at radius 1 is 1.22 bits per heavy atom. The number of halogens is 1. The highest BCUT2D eigenvalue weighted by Crippen LogP contribution is 2.23. The minimum atomic E-state index is -0.648. The van der Waals surface area contributed by atoms with Gasteiger partial charge < -0.3 is 14.4 Å². The van der Waals surface area contributed by atoms with Crippen molar-refractivity contribution in [1.82, 2.24) is 9.55 Å². The van der Waals surface area contributed by atoms with Crippen molar-refractivity contribution in [2.24, 2.45) is 0 Å². The zero-order valence-corrected chi connectivity index (χ0v) is 13.9. The van der Waals surface area contributed by atoms with Crippen LogP contribution in [0.25, 0.3) is 11.0 Å². The SMILES string of the molecule is Cc1cc2ncn(CC(O)COc3ccccc3Cl)c2cc1C. The minimum absolute atomic E-state index is 0.175. The largest absolute Gasteiger partial charge is 0.489 e. The van der Waals surface area contributed by atoms with Gasteiger partial charge in [-0.1, -0.05) is 23.7 Å². The molecular formula is C18H19ClN2O2. The number of fused-ring (bicyclic) bond motifs is 1. The summed E-state index contributed by atoms with van der Waals surface area (Å²) in [6.45, 7) is 4.74. The molecule has 0 aliphatic heterocycles. The highest BCUT2D eigenvalue weighted by atomic mass is 35.5. The number of aromatic nitrogens is 2. The molecule has 1 unspecified atom stereocenters. The molecule has 23 heavy (non-hydrogen) atoms. The van der Waals surface area contributed by atoms with Gasteiger partial charge >= 0.3 is 0 Å². The lowest BCUT2D eigenvalue weighted by Gasteiger charge is -2.14.